The number of para-hydroxylation sites is 2. The first kappa shape index (κ1) is 21.9. The summed E-state index contributed by atoms with van der Waals surface area (Å²) in [6, 6.07) is 23.3. The van der Waals surface area contributed by atoms with E-state index < -0.39 is 0 Å². The van der Waals surface area contributed by atoms with Gasteiger partial charge < -0.3 is 5.32 Å². The van der Waals surface area contributed by atoms with Gasteiger partial charge in [-0.05, 0) is 42.1 Å². The van der Waals surface area contributed by atoms with Gasteiger partial charge in [0, 0.05) is 46.4 Å². The van der Waals surface area contributed by atoms with E-state index in [2.05, 4.69) is 38.3 Å². The normalized spacial score (nSPS) is 15.1. The van der Waals surface area contributed by atoms with Gasteiger partial charge in [0.1, 0.15) is 11.1 Å². The van der Waals surface area contributed by atoms with Gasteiger partial charge in [0.2, 0.25) is 0 Å². The smallest absolute Gasteiger partial charge is 0.257 e. The Bertz CT molecular complexity index is 1940. The fourth-order valence-electron chi connectivity index (χ4n) is 4.80. The van der Waals surface area contributed by atoms with E-state index in [9.17, 15) is 4.79 Å². The monoisotopic (exact) mass is 495 g/mol. The molecule has 2 aromatic heterocycles. The van der Waals surface area contributed by atoms with Crippen molar-refractivity contribution in [1.29, 1.82) is 0 Å². The number of carbonyl (C=O) groups is 1. The first-order valence-electron chi connectivity index (χ1n) is 12.2. The largest absolute Gasteiger partial charge is 0.322 e. The van der Waals surface area contributed by atoms with Crippen LogP contribution >= 0.6 is 0 Å². The number of anilines is 2. The summed E-state index contributed by atoms with van der Waals surface area (Å²) in [4.78, 5) is 31.8. The Morgan fingerprint density at radius 2 is 1.71 bits per heavy atom. The van der Waals surface area contributed by atoms with Crippen LogP contribution in [0.1, 0.15) is 21.5 Å². The van der Waals surface area contributed by atoms with Gasteiger partial charge in [-0.1, -0.05) is 48.5 Å². The average Bonchev–Trinajstić information content (AvgIpc) is 3.57. The molecule has 0 spiro atoms. The lowest BCUT2D eigenvalue weighted by Gasteiger charge is -2.08. The number of nitrogens with one attached hydrogen (secondary N) is 3. The minimum absolute atomic E-state index is 0.230. The molecule has 0 saturated heterocycles. The number of hydrogen-bond donors (Lipinski definition) is 3. The standard InChI is InChI=1S/C30H21N7O/c1-17-7-2-5-11-24(17)34-30(38)21-10-6-12-25-26(21)35-29(33-25)27-22-13-19(15-32-28(22)37-36-27)23-16-31-14-18-8-3-4-9-20(18)23/h2-16,36H,1H3,(H,32,37)(H,34,38)/b29-27+. The lowest BCUT2D eigenvalue weighted by atomic mass is 10.0. The number of hydrogen-bond acceptors (Lipinski definition) is 7. The van der Waals surface area contributed by atoms with Crippen LogP contribution in [0, 0.1) is 6.92 Å². The molecule has 38 heavy (non-hydrogen) atoms. The summed E-state index contributed by atoms with van der Waals surface area (Å²) in [5.41, 5.74) is 12.0. The van der Waals surface area contributed by atoms with Gasteiger partial charge >= 0.3 is 0 Å². The Morgan fingerprint density at radius 3 is 2.63 bits per heavy atom. The maximum absolute atomic E-state index is 13.2. The van der Waals surface area contributed by atoms with Gasteiger partial charge in [0.05, 0.1) is 10.9 Å². The first-order valence-corrected chi connectivity index (χ1v) is 12.2. The maximum Gasteiger partial charge on any atom is 0.257 e. The zero-order valence-electron chi connectivity index (χ0n) is 20.4. The molecular formula is C30H21N7O. The predicted octanol–water partition coefficient (Wildman–Crippen LogP) is 4.37. The molecule has 0 atom stereocenters. The van der Waals surface area contributed by atoms with Crippen LogP contribution in [0.4, 0.5) is 11.5 Å². The Morgan fingerprint density at radius 1 is 0.842 bits per heavy atom. The van der Waals surface area contributed by atoms with Crippen LogP contribution in [-0.2, 0) is 0 Å². The summed E-state index contributed by atoms with van der Waals surface area (Å²) >= 11 is 0. The maximum atomic E-state index is 13.2. The summed E-state index contributed by atoms with van der Waals surface area (Å²) < 4.78 is 0. The quantitative estimate of drug-likeness (QED) is 0.345. The molecule has 1 amide bonds. The predicted molar refractivity (Wildman–Crippen MR) is 147 cm³/mol. The highest BCUT2D eigenvalue weighted by molar-refractivity contribution is 6.04. The Hall–Kier alpha value is -5.37. The van der Waals surface area contributed by atoms with Crippen molar-refractivity contribution in [3.05, 3.63) is 125 Å². The summed E-state index contributed by atoms with van der Waals surface area (Å²) in [6.45, 7) is 1.96. The van der Waals surface area contributed by atoms with E-state index in [-0.39, 0.29) is 5.91 Å². The molecule has 0 radical (unpaired) electrons. The van der Waals surface area contributed by atoms with Gasteiger partial charge in [0.25, 0.3) is 5.91 Å². The van der Waals surface area contributed by atoms with E-state index in [0.29, 0.717) is 33.6 Å². The zero-order valence-corrected chi connectivity index (χ0v) is 20.4. The third-order valence-corrected chi connectivity index (χ3v) is 6.76. The molecule has 0 saturated carbocycles. The van der Waals surface area contributed by atoms with Gasteiger partial charge in [-0.15, -0.1) is 0 Å². The highest BCUT2D eigenvalue weighted by atomic mass is 16.1. The third-order valence-electron chi connectivity index (χ3n) is 6.76. The molecule has 182 valence electrons. The lowest BCUT2D eigenvalue weighted by molar-refractivity contribution is 0.102. The number of pyridine rings is 2. The highest BCUT2D eigenvalue weighted by Gasteiger charge is 2.24. The molecule has 3 aromatic carbocycles. The minimum atomic E-state index is -0.230. The number of aromatic nitrogens is 2. The van der Waals surface area contributed by atoms with Gasteiger partial charge in [-0.25, -0.2) is 15.0 Å². The number of hydrazine groups is 1. The van der Waals surface area contributed by atoms with Crippen molar-refractivity contribution in [2.45, 2.75) is 6.92 Å². The summed E-state index contributed by atoms with van der Waals surface area (Å²) in [5, 5.41) is 6.34. The van der Waals surface area contributed by atoms with Crippen LogP contribution in [-0.4, -0.2) is 15.9 Å². The third kappa shape index (κ3) is 3.58. The number of amides is 1. The molecule has 4 heterocycles. The van der Waals surface area contributed by atoms with Crippen LogP contribution in [0.5, 0.6) is 0 Å². The van der Waals surface area contributed by atoms with E-state index in [4.69, 9.17) is 9.98 Å². The van der Waals surface area contributed by atoms with Crippen LogP contribution in [0.2, 0.25) is 0 Å². The fourth-order valence-corrected chi connectivity index (χ4v) is 4.80. The number of nitrogens with zero attached hydrogens (tertiary/aromatic N) is 4. The van der Waals surface area contributed by atoms with Gasteiger partial charge in [0.15, 0.2) is 11.6 Å². The second-order valence-electron chi connectivity index (χ2n) is 9.14. The summed E-state index contributed by atoms with van der Waals surface area (Å²) in [6.07, 6.45) is 5.54. The molecule has 3 N–H and O–H groups in total. The molecule has 8 nitrogen and oxygen atoms in total. The first-order chi connectivity index (χ1) is 18.7. The fraction of sp³-hybridized carbons (Fsp3) is 0.0333. The number of carbonyl (C=O) groups excluding carboxylic acids is 1. The Balaban J connectivity index is 1.30. The Kier molecular flexibility index (Phi) is 4.97. The number of benzene rings is 3. The molecule has 0 unspecified atom stereocenters. The average molecular weight is 496 g/mol. The lowest BCUT2D eigenvalue weighted by Crippen LogP contribution is -2.31. The number of aryl methyl sites for hydroxylation is 1. The second-order valence-corrected chi connectivity index (χ2v) is 9.14. The molecule has 2 aliphatic heterocycles. The molecule has 2 aliphatic rings. The molecule has 0 bridgehead atoms. The molecule has 8 heteroatoms. The van der Waals surface area contributed by atoms with Crippen LogP contribution in [0.15, 0.2) is 107 Å². The molecular weight excluding hydrogens is 474 g/mol. The molecule has 5 aromatic rings. The topological polar surface area (TPSA) is 104 Å². The van der Waals surface area contributed by atoms with Crippen molar-refractivity contribution in [3.63, 3.8) is 0 Å². The van der Waals surface area contributed by atoms with E-state index in [1.54, 1.807) is 6.07 Å². The molecule has 0 aliphatic carbocycles. The van der Waals surface area contributed by atoms with Crippen molar-refractivity contribution in [1.82, 2.24) is 15.4 Å². The van der Waals surface area contributed by atoms with Crippen LogP contribution in [0.3, 0.4) is 0 Å². The van der Waals surface area contributed by atoms with E-state index in [1.165, 1.54) is 0 Å². The number of fused-ring (bicyclic) bond motifs is 3. The van der Waals surface area contributed by atoms with Crippen molar-refractivity contribution >= 4 is 33.9 Å². The molecule has 0 fully saturated rings. The van der Waals surface area contributed by atoms with Crippen molar-refractivity contribution < 1.29 is 4.79 Å². The molecule has 7 rings (SSSR count). The van der Waals surface area contributed by atoms with Crippen LogP contribution in [0.25, 0.3) is 27.6 Å². The van der Waals surface area contributed by atoms with E-state index >= 15 is 0 Å². The van der Waals surface area contributed by atoms with Crippen LogP contribution < -0.4 is 26.9 Å². The minimum Gasteiger partial charge on any atom is -0.322 e. The zero-order chi connectivity index (χ0) is 25.6. The van der Waals surface area contributed by atoms with Crippen molar-refractivity contribution in [2.75, 3.05) is 10.7 Å². The summed E-state index contributed by atoms with van der Waals surface area (Å²) in [7, 11) is 0. The van der Waals surface area contributed by atoms with Crippen molar-refractivity contribution in [2.24, 2.45) is 9.98 Å². The summed E-state index contributed by atoms with van der Waals surface area (Å²) in [5.74, 6) is 0.937. The van der Waals surface area contributed by atoms with Crippen molar-refractivity contribution in [3.8, 4) is 11.1 Å². The Labute approximate surface area is 217 Å². The number of rotatable bonds is 3. The van der Waals surface area contributed by atoms with Gasteiger partial charge in [-0.2, -0.15) is 0 Å². The van der Waals surface area contributed by atoms with Gasteiger partial charge in [-0.3, -0.25) is 20.6 Å². The van der Waals surface area contributed by atoms with E-state index in [0.717, 1.165) is 38.7 Å². The highest BCUT2D eigenvalue weighted by Crippen LogP contribution is 2.34. The van der Waals surface area contributed by atoms with E-state index in [1.807, 2.05) is 80.1 Å². The second kappa shape index (κ2) is 8.63. The SMILES string of the molecule is Cc1ccccc1NC(=O)c1cccc2c1=N/C(=C1/NNc3ncc(-c4cncc5ccccc45)cc31)N=2.